The van der Waals surface area contributed by atoms with E-state index in [1.165, 1.54) is 56.9 Å². The van der Waals surface area contributed by atoms with Gasteiger partial charge in [-0.05, 0) is 122 Å². The Morgan fingerprint density at radius 1 is 0.903 bits per heavy atom. The van der Waals surface area contributed by atoms with E-state index in [1.54, 1.807) is 0 Å². The monoisotopic (exact) mass is 428 g/mol. The Hall–Kier alpha value is -0.340. The zero-order chi connectivity index (χ0) is 22.4. The van der Waals surface area contributed by atoms with Crippen LogP contribution in [0.1, 0.15) is 105 Å². The second kappa shape index (κ2) is 7.08. The largest absolute Gasteiger partial charge is 0.390 e. The third-order valence-corrected chi connectivity index (χ3v) is 12.7. The third-order valence-electron chi connectivity index (χ3n) is 12.7. The normalized spacial score (nSPS) is 53.9. The lowest BCUT2D eigenvalue weighted by atomic mass is 9.43. The number of rotatable bonds is 5. The van der Waals surface area contributed by atoms with E-state index in [0.29, 0.717) is 33.5 Å². The summed E-state index contributed by atoms with van der Waals surface area (Å²) in [5, 5.41) is 21.2. The fourth-order valence-corrected chi connectivity index (χ4v) is 10.5. The average Bonchev–Trinajstić information content (AvgIpc) is 3.31. The maximum absolute atomic E-state index is 10.9. The average molecular weight is 429 g/mol. The van der Waals surface area contributed by atoms with E-state index in [1.807, 2.05) is 0 Å². The molecule has 5 saturated carbocycles. The van der Waals surface area contributed by atoms with Crippen molar-refractivity contribution in [3.8, 4) is 0 Å². The van der Waals surface area contributed by atoms with Crippen LogP contribution in [0.2, 0.25) is 0 Å². The molecule has 5 rings (SSSR count). The van der Waals surface area contributed by atoms with Crippen molar-refractivity contribution >= 4 is 0 Å². The Bertz CT molecular complexity index is 743. The molecule has 0 radical (unpaired) electrons. The van der Waals surface area contributed by atoms with Crippen molar-refractivity contribution in [2.45, 2.75) is 117 Å². The van der Waals surface area contributed by atoms with Crippen molar-refractivity contribution in [3.05, 3.63) is 12.2 Å². The van der Waals surface area contributed by atoms with Gasteiger partial charge in [0.05, 0.1) is 12.2 Å². The van der Waals surface area contributed by atoms with Crippen LogP contribution in [0.25, 0.3) is 0 Å². The molecule has 31 heavy (non-hydrogen) atoms. The molecule has 2 spiro atoms. The molecular formula is C29H48O2. The number of allylic oxidation sites excluding steroid dienone is 1. The molecule has 2 nitrogen and oxygen atoms in total. The lowest BCUT2D eigenvalue weighted by molar-refractivity contribution is -0.159. The zero-order valence-corrected chi connectivity index (χ0v) is 20.9. The minimum absolute atomic E-state index is 0.359. The van der Waals surface area contributed by atoms with Crippen LogP contribution >= 0.6 is 0 Å². The van der Waals surface area contributed by atoms with E-state index in [0.717, 1.165) is 37.0 Å². The predicted octanol–water partition coefficient (Wildman–Crippen LogP) is 6.75. The van der Waals surface area contributed by atoms with Crippen molar-refractivity contribution in [2.24, 2.45) is 51.2 Å². The van der Waals surface area contributed by atoms with Crippen LogP contribution in [0.4, 0.5) is 0 Å². The van der Waals surface area contributed by atoms with Gasteiger partial charge in [-0.25, -0.2) is 0 Å². The van der Waals surface area contributed by atoms with Gasteiger partial charge >= 0.3 is 0 Å². The van der Waals surface area contributed by atoms with Gasteiger partial charge in [0.25, 0.3) is 0 Å². The molecule has 10 atom stereocenters. The lowest BCUT2D eigenvalue weighted by Gasteiger charge is -2.62. The smallest absolute Gasteiger partial charge is 0.0832 e. The summed E-state index contributed by atoms with van der Waals surface area (Å²) in [6, 6.07) is 0. The van der Waals surface area contributed by atoms with Gasteiger partial charge in [-0.1, -0.05) is 46.8 Å². The first-order chi connectivity index (χ1) is 14.5. The van der Waals surface area contributed by atoms with Crippen LogP contribution in [0.3, 0.4) is 0 Å². The number of hydrogen-bond donors (Lipinski definition) is 2. The van der Waals surface area contributed by atoms with Crippen molar-refractivity contribution in [3.63, 3.8) is 0 Å². The standard InChI is InChI=1S/C29H48O2/c1-18(2)19(3)7-8-20(4)21-11-13-27(6)24-10-9-22-25(31)23(30)12-14-28(22)17-29(24,28)16-15-26(21,27)5/h18,20-25,30-31H,3,7-17H2,1-2,4-6H3/t20-,21-,22+,23+,24+,25+,26-,27+,28-,29+/m1/s1. The maximum atomic E-state index is 10.9. The first kappa shape index (κ1) is 22.5. The van der Waals surface area contributed by atoms with Gasteiger partial charge in [0.2, 0.25) is 0 Å². The summed E-state index contributed by atoms with van der Waals surface area (Å²) < 4.78 is 0. The highest BCUT2D eigenvalue weighted by molar-refractivity contribution is 5.30. The molecule has 0 saturated heterocycles. The molecule has 0 aromatic heterocycles. The number of aliphatic hydroxyl groups is 2. The molecule has 0 aromatic rings. The van der Waals surface area contributed by atoms with E-state index in [2.05, 4.69) is 41.2 Å². The van der Waals surface area contributed by atoms with Gasteiger partial charge in [-0.15, -0.1) is 0 Å². The first-order valence-corrected chi connectivity index (χ1v) is 13.6. The highest BCUT2D eigenvalue weighted by Gasteiger charge is 2.81. The molecule has 0 amide bonds. The fourth-order valence-electron chi connectivity index (χ4n) is 10.5. The van der Waals surface area contributed by atoms with E-state index in [4.69, 9.17) is 0 Å². The molecule has 5 aliphatic carbocycles. The van der Waals surface area contributed by atoms with Crippen LogP contribution in [0, 0.1) is 51.2 Å². The van der Waals surface area contributed by atoms with Crippen LogP contribution in [0.15, 0.2) is 12.2 Å². The Morgan fingerprint density at radius 3 is 2.35 bits per heavy atom. The summed E-state index contributed by atoms with van der Waals surface area (Å²) >= 11 is 0. The molecule has 0 heterocycles. The van der Waals surface area contributed by atoms with Crippen LogP contribution in [-0.4, -0.2) is 22.4 Å². The van der Waals surface area contributed by atoms with Crippen molar-refractivity contribution < 1.29 is 10.2 Å². The zero-order valence-electron chi connectivity index (χ0n) is 20.9. The molecule has 176 valence electrons. The predicted molar refractivity (Wildman–Crippen MR) is 127 cm³/mol. The van der Waals surface area contributed by atoms with E-state index in [9.17, 15) is 10.2 Å². The summed E-state index contributed by atoms with van der Waals surface area (Å²) in [5.74, 6) is 3.43. The van der Waals surface area contributed by atoms with E-state index < -0.39 is 12.2 Å². The summed E-state index contributed by atoms with van der Waals surface area (Å²) in [6.07, 6.45) is 12.9. The summed E-state index contributed by atoms with van der Waals surface area (Å²) in [6.45, 7) is 16.8. The lowest BCUT2D eigenvalue weighted by Crippen LogP contribution is -2.57. The molecule has 0 aliphatic heterocycles. The number of hydrogen-bond acceptors (Lipinski definition) is 2. The summed E-state index contributed by atoms with van der Waals surface area (Å²) in [5.41, 5.74) is 3.18. The SMILES string of the molecule is C=C(CC[C@@H](C)[C@H]1CC[C@@]2(C)[C@@H]3CC[C@H]4[C@H](O)[C@@H](O)CC[C@@]45C[C@@]35CC[C@]12C)C(C)C. The molecular weight excluding hydrogens is 380 g/mol. The molecule has 2 heteroatoms. The minimum Gasteiger partial charge on any atom is -0.390 e. The van der Waals surface area contributed by atoms with Gasteiger partial charge in [-0.3, -0.25) is 0 Å². The van der Waals surface area contributed by atoms with Crippen LogP contribution in [0.5, 0.6) is 0 Å². The second-order valence-electron chi connectivity index (χ2n) is 13.6. The van der Waals surface area contributed by atoms with Crippen molar-refractivity contribution in [1.82, 2.24) is 0 Å². The van der Waals surface area contributed by atoms with Gasteiger partial charge in [0, 0.05) is 0 Å². The fraction of sp³-hybridized carbons (Fsp3) is 0.931. The maximum Gasteiger partial charge on any atom is 0.0832 e. The second-order valence-corrected chi connectivity index (χ2v) is 13.6. The van der Waals surface area contributed by atoms with Gasteiger partial charge < -0.3 is 10.2 Å². The summed E-state index contributed by atoms with van der Waals surface area (Å²) in [4.78, 5) is 0. The third kappa shape index (κ3) is 2.76. The van der Waals surface area contributed by atoms with E-state index >= 15 is 0 Å². The molecule has 5 aliphatic rings. The van der Waals surface area contributed by atoms with Gasteiger partial charge in [-0.2, -0.15) is 0 Å². The Morgan fingerprint density at radius 2 is 1.65 bits per heavy atom. The van der Waals surface area contributed by atoms with Crippen LogP contribution < -0.4 is 0 Å². The Labute approximate surface area is 191 Å². The molecule has 5 fully saturated rings. The molecule has 0 bridgehead atoms. The van der Waals surface area contributed by atoms with Crippen LogP contribution in [-0.2, 0) is 0 Å². The quantitative estimate of drug-likeness (QED) is 0.475. The van der Waals surface area contributed by atoms with Crippen molar-refractivity contribution in [2.75, 3.05) is 0 Å². The van der Waals surface area contributed by atoms with Crippen molar-refractivity contribution in [1.29, 1.82) is 0 Å². The topological polar surface area (TPSA) is 40.5 Å². The molecule has 0 unspecified atom stereocenters. The van der Waals surface area contributed by atoms with Gasteiger partial charge in [0.15, 0.2) is 0 Å². The Kier molecular flexibility index (Phi) is 5.13. The number of fused-ring (bicyclic) bond motifs is 2. The van der Waals surface area contributed by atoms with E-state index in [-0.39, 0.29) is 0 Å². The number of aliphatic hydroxyl groups excluding tert-OH is 2. The highest BCUT2D eigenvalue weighted by atomic mass is 16.3. The Balaban J connectivity index is 1.37. The highest BCUT2D eigenvalue weighted by Crippen LogP contribution is 2.87. The first-order valence-electron chi connectivity index (χ1n) is 13.6. The summed E-state index contributed by atoms with van der Waals surface area (Å²) in [7, 11) is 0. The minimum atomic E-state index is -0.480. The van der Waals surface area contributed by atoms with Gasteiger partial charge in [0.1, 0.15) is 0 Å². The molecule has 2 N–H and O–H groups in total. The molecule has 0 aromatic carbocycles.